The maximum absolute atomic E-state index is 14.5. The van der Waals surface area contributed by atoms with Gasteiger partial charge in [-0.1, -0.05) is 12.1 Å². The van der Waals surface area contributed by atoms with Crippen molar-refractivity contribution in [3.05, 3.63) is 64.0 Å². The molecular weight excluding hydrogens is 421 g/mol. The van der Waals surface area contributed by atoms with Crippen LogP contribution in [0.25, 0.3) is 0 Å². The summed E-state index contributed by atoms with van der Waals surface area (Å²) < 4.78 is 14.5. The molecule has 4 amide bonds. The molecule has 0 unspecified atom stereocenters. The van der Waals surface area contributed by atoms with Gasteiger partial charge in [-0.15, -0.1) is 0 Å². The zero-order chi connectivity index (χ0) is 22.6. The van der Waals surface area contributed by atoms with Crippen molar-refractivity contribution in [3.8, 4) is 0 Å². The fourth-order valence-corrected chi connectivity index (χ4v) is 4.97. The van der Waals surface area contributed by atoms with E-state index in [1.54, 1.807) is 29.2 Å². The number of fused-ring (bicyclic) bond motifs is 4. The normalized spacial score (nSPS) is 21.5. The number of benzene rings is 2. The van der Waals surface area contributed by atoms with E-state index in [-0.39, 0.29) is 18.7 Å². The zero-order valence-electron chi connectivity index (χ0n) is 16.7. The number of nitro groups is 1. The molecule has 1 atom stereocenters. The average Bonchev–Trinajstić information content (AvgIpc) is 2.76. The van der Waals surface area contributed by atoms with Crippen molar-refractivity contribution in [1.82, 2.24) is 10.6 Å². The molecule has 0 aliphatic carbocycles. The fourth-order valence-electron chi connectivity index (χ4n) is 4.97. The first-order valence-corrected chi connectivity index (χ1v) is 10.0. The molecule has 2 N–H and O–H groups in total. The number of nitrogens with zero attached hydrogens (tertiary/aromatic N) is 3. The number of barbiturate groups is 1. The smallest absolute Gasteiger partial charge is 0.328 e. The molecule has 2 fully saturated rings. The molecule has 3 aliphatic rings. The monoisotopic (exact) mass is 439 g/mol. The molecule has 164 valence electrons. The molecule has 11 heteroatoms. The molecule has 1 spiro atoms. The van der Waals surface area contributed by atoms with Gasteiger partial charge >= 0.3 is 6.03 Å². The lowest BCUT2D eigenvalue weighted by Crippen LogP contribution is -2.74. The highest BCUT2D eigenvalue weighted by Gasteiger charge is 2.61. The number of urea groups is 1. The number of halogens is 1. The van der Waals surface area contributed by atoms with Gasteiger partial charge in [-0.3, -0.25) is 30.3 Å². The van der Waals surface area contributed by atoms with E-state index >= 15 is 0 Å². The van der Waals surface area contributed by atoms with Crippen LogP contribution in [-0.2, 0) is 16.0 Å². The Morgan fingerprint density at radius 3 is 2.44 bits per heavy atom. The van der Waals surface area contributed by atoms with E-state index in [0.29, 0.717) is 30.0 Å². The Bertz CT molecular complexity index is 1160. The number of anilines is 2. The summed E-state index contributed by atoms with van der Waals surface area (Å²) in [4.78, 5) is 52.4. The third kappa shape index (κ3) is 2.81. The molecule has 3 aliphatic heterocycles. The zero-order valence-corrected chi connectivity index (χ0v) is 16.7. The van der Waals surface area contributed by atoms with Crippen LogP contribution < -0.4 is 20.4 Å². The molecule has 5 rings (SSSR count). The Hall–Kier alpha value is -4.02. The topological polar surface area (TPSA) is 125 Å². The van der Waals surface area contributed by atoms with E-state index in [4.69, 9.17) is 0 Å². The van der Waals surface area contributed by atoms with Gasteiger partial charge in [0.2, 0.25) is 11.8 Å². The number of non-ortho nitro benzene ring substituents is 1. The van der Waals surface area contributed by atoms with Crippen molar-refractivity contribution < 1.29 is 23.7 Å². The van der Waals surface area contributed by atoms with Crippen LogP contribution in [0.5, 0.6) is 0 Å². The lowest BCUT2D eigenvalue weighted by atomic mass is 9.68. The number of piperazine rings is 1. The first-order chi connectivity index (χ1) is 15.3. The van der Waals surface area contributed by atoms with E-state index in [0.717, 1.165) is 0 Å². The number of para-hydroxylation sites is 1. The second kappa shape index (κ2) is 7.01. The summed E-state index contributed by atoms with van der Waals surface area (Å²) in [6.07, 6.45) is -0.124. The lowest BCUT2D eigenvalue weighted by molar-refractivity contribution is -0.384. The second-order valence-electron chi connectivity index (χ2n) is 8.06. The van der Waals surface area contributed by atoms with Crippen LogP contribution in [0.2, 0.25) is 0 Å². The number of amides is 4. The van der Waals surface area contributed by atoms with Crippen LogP contribution in [0.15, 0.2) is 42.5 Å². The van der Waals surface area contributed by atoms with E-state index in [9.17, 15) is 28.9 Å². The van der Waals surface area contributed by atoms with Crippen LogP contribution in [0.1, 0.15) is 5.56 Å². The summed E-state index contributed by atoms with van der Waals surface area (Å²) in [7, 11) is 0. The first-order valence-electron chi connectivity index (χ1n) is 10.0. The summed E-state index contributed by atoms with van der Waals surface area (Å²) >= 11 is 0. The number of carbonyl (C=O) groups is 3. The van der Waals surface area contributed by atoms with Crippen molar-refractivity contribution in [1.29, 1.82) is 0 Å². The van der Waals surface area contributed by atoms with Crippen molar-refractivity contribution in [2.24, 2.45) is 5.41 Å². The average molecular weight is 439 g/mol. The summed E-state index contributed by atoms with van der Waals surface area (Å²) in [5.74, 6) is -1.96. The highest BCUT2D eigenvalue weighted by atomic mass is 19.1. The Balaban J connectivity index is 1.63. The van der Waals surface area contributed by atoms with Crippen LogP contribution in [-0.4, -0.2) is 48.4 Å². The first kappa shape index (κ1) is 19.9. The van der Waals surface area contributed by atoms with Gasteiger partial charge in [-0.25, -0.2) is 9.18 Å². The highest BCUT2D eigenvalue weighted by Crippen LogP contribution is 2.45. The van der Waals surface area contributed by atoms with Crippen molar-refractivity contribution in [2.45, 2.75) is 12.5 Å². The number of nitro benzene ring substituents is 1. The number of hydrogen-bond donors (Lipinski definition) is 2. The summed E-state index contributed by atoms with van der Waals surface area (Å²) in [5, 5.41) is 15.6. The molecule has 10 nitrogen and oxygen atoms in total. The number of nitrogens with one attached hydrogen (secondary N) is 2. The standard InChI is InChI=1S/C21H18FN5O5/c22-14-3-1-2-4-16(14)25-7-8-26-15-6-5-13(27(31)32)9-12(15)10-21(17(26)11-25)18(28)23-20(30)24-19(21)29/h1-6,9,17H,7-8,10-11H2,(H2,23,24,28,29,30)/t17-/m1/s1. The van der Waals surface area contributed by atoms with Gasteiger partial charge in [0.1, 0.15) is 5.82 Å². The summed E-state index contributed by atoms with van der Waals surface area (Å²) in [6, 6.07) is 8.95. The Labute approximate surface area is 181 Å². The molecular formula is C21H18FN5O5. The predicted molar refractivity (Wildman–Crippen MR) is 111 cm³/mol. The third-order valence-electron chi connectivity index (χ3n) is 6.46. The second-order valence-corrected chi connectivity index (χ2v) is 8.06. The van der Waals surface area contributed by atoms with E-state index < -0.39 is 40.0 Å². The van der Waals surface area contributed by atoms with Gasteiger partial charge in [-0.05, 0) is 23.8 Å². The number of imide groups is 2. The molecule has 2 aromatic carbocycles. The molecule has 2 saturated heterocycles. The van der Waals surface area contributed by atoms with E-state index in [2.05, 4.69) is 10.6 Å². The quantitative estimate of drug-likeness (QED) is 0.411. The van der Waals surface area contributed by atoms with Gasteiger partial charge in [-0.2, -0.15) is 0 Å². The van der Waals surface area contributed by atoms with Gasteiger partial charge in [0, 0.05) is 43.9 Å². The fraction of sp³-hybridized carbons (Fsp3) is 0.286. The van der Waals surface area contributed by atoms with Gasteiger partial charge in [0.25, 0.3) is 5.69 Å². The van der Waals surface area contributed by atoms with Crippen LogP contribution >= 0.6 is 0 Å². The van der Waals surface area contributed by atoms with Crippen molar-refractivity contribution >= 4 is 34.9 Å². The minimum atomic E-state index is -1.71. The number of carbonyl (C=O) groups excluding carboxylic acids is 3. The number of hydrogen-bond acceptors (Lipinski definition) is 7. The molecule has 0 saturated carbocycles. The highest BCUT2D eigenvalue weighted by molar-refractivity contribution is 6.20. The molecule has 0 aromatic heterocycles. The number of rotatable bonds is 2. The Morgan fingerprint density at radius 2 is 1.75 bits per heavy atom. The van der Waals surface area contributed by atoms with Gasteiger partial charge < -0.3 is 9.80 Å². The van der Waals surface area contributed by atoms with Crippen LogP contribution in [0.3, 0.4) is 0 Å². The largest absolute Gasteiger partial charge is 0.365 e. The predicted octanol–water partition coefficient (Wildman–Crippen LogP) is 1.34. The van der Waals surface area contributed by atoms with E-state index in [1.165, 1.54) is 18.2 Å². The minimum Gasteiger partial charge on any atom is -0.365 e. The van der Waals surface area contributed by atoms with Crippen LogP contribution in [0.4, 0.5) is 26.2 Å². The SMILES string of the molecule is O=C1NC(=O)C2(Cc3cc([N+](=O)[O-])ccc3N3CCN(c4ccccc4F)C[C@@H]32)C(=O)N1. The molecule has 3 heterocycles. The third-order valence-corrected chi connectivity index (χ3v) is 6.46. The van der Waals surface area contributed by atoms with Crippen molar-refractivity contribution in [2.75, 3.05) is 29.4 Å². The van der Waals surface area contributed by atoms with Crippen molar-refractivity contribution in [3.63, 3.8) is 0 Å². The lowest BCUT2D eigenvalue weighted by Gasteiger charge is -2.54. The molecule has 0 radical (unpaired) electrons. The maximum atomic E-state index is 14.5. The Kier molecular flexibility index (Phi) is 4.36. The summed E-state index contributed by atoms with van der Waals surface area (Å²) in [6.45, 7) is 0.901. The minimum absolute atomic E-state index is 0.124. The Morgan fingerprint density at radius 1 is 1.03 bits per heavy atom. The van der Waals surface area contributed by atoms with Gasteiger partial charge in [0.05, 0.1) is 16.7 Å². The van der Waals surface area contributed by atoms with E-state index in [1.807, 2.05) is 4.90 Å². The molecule has 32 heavy (non-hydrogen) atoms. The maximum Gasteiger partial charge on any atom is 0.328 e. The van der Waals surface area contributed by atoms with Crippen LogP contribution in [0, 0.1) is 21.3 Å². The molecule has 0 bridgehead atoms. The molecule has 2 aromatic rings. The summed E-state index contributed by atoms with van der Waals surface area (Å²) in [5.41, 5.74) is -0.369. The van der Waals surface area contributed by atoms with Gasteiger partial charge in [0.15, 0.2) is 5.41 Å².